The molecule has 3 aromatic carbocycles. The second-order valence-corrected chi connectivity index (χ2v) is 12.4. The Hall–Kier alpha value is -2.94. The molecule has 45 heavy (non-hydrogen) atoms. The Bertz CT molecular complexity index is 1250. The van der Waals surface area contributed by atoms with Crippen LogP contribution in [0.4, 0.5) is 0 Å². The van der Waals surface area contributed by atoms with E-state index in [0.29, 0.717) is 39.6 Å². The molecule has 0 unspecified atom stereocenters. The summed E-state index contributed by atoms with van der Waals surface area (Å²) in [5, 5.41) is 0. The standard InChI is InChI=1S/C38H48O7/c1-39-33-25-29-27-44-37(31-13-5-3-6-14-31)19-11-9-17-34(37)42-23-21-41-22-24-43-35-18-10-12-20-38(35,32-15-7-4-8-16-32)45-28-30(26-33)36(29)40-2/h3-8,13-16,25-26,34-35H,9-12,17-24,27-28H2,1-2H3/t34-,35-,37-,38-/m0/s1. The van der Waals surface area contributed by atoms with Crippen molar-refractivity contribution >= 4 is 0 Å². The lowest BCUT2D eigenvalue weighted by Gasteiger charge is -2.44. The minimum Gasteiger partial charge on any atom is -0.497 e. The van der Waals surface area contributed by atoms with E-state index in [-0.39, 0.29) is 12.2 Å². The van der Waals surface area contributed by atoms with Gasteiger partial charge in [0.25, 0.3) is 0 Å². The number of rotatable bonds is 4. The van der Waals surface area contributed by atoms with Gasteiger partial charge in [0.1, 0.15) is 22.7 Å². The fourth-order valence-electron chi connectivity index (χ4n) is 7.59. The highest BCUT2D eigenvalue weighted by molar-refractivity contribution is 5.47. The van der Waals surface area contributed by atoms with E-state index in [1.807, 2.05) is 24.3 Å². The lowest BCUT2D eigenvalue weighted by molar-refractivity contribution is -0.189. The number of benzene rings is 3. The van der Waals surface area contributed by atoms with Crippen LogP contribution >= 0.6 is 0 Å². The first-order valence-electron chi connectivity index (χ1n) is 16.6. The number of ether oxygens (including phenoxy) is 7. The summed E-state index contributed by atoms with van der Waals surface area (Å²) in [5.41, 5.74) is 2.93. The van der Waals surface area contributed by atoms with Crippen molar-refractivity contribution in [1.29, 1.82) is 0 Å². The molecule has 1 aliphatic heterocycles. The van der Waals surface area contributed by atoms with Gasteiger partial charge in [0.15, 0.2) is 0 Å². The summed E-state index contributed by atoms with van der Waals surface area (Å²) < 4.78 is 45.3. The molecule has 0 N–H and O–H groups in total. The normalized spacial score (nSPS) is 28.5. The van der Waals surface area contributed by atoms with E-state index in [0.717, 1.165) is 85.1 Å². The molecular formula is C38H48O7. The van der Waals surface area contributed by atoms with Gasteiger partial charge in [0.2, 0.25) is 0 Å². The molecule has 3 aliphatic rings. The molecule has 6 rings (SSSR count). The molecule has 1 heterocycles. The smallest absolute Gasteiger partial charge is 0.130 e. The second-order valence-electron chi connectivity index (χ2n) is 12.4. The first-order valence-corrected chi connectivity index (χ1v) is 16.6. The molecule has 2 aliphatic carbocycles. The Balaban J connectivity index is 1.39. The maximum Gasteiger partial charge on any atom is 0.130 e. The second kappa shape index (κ2) is 15.1. The summed E-state index contributed by atoms with van der Waals surface area (Å²) in [5.74, 6) is 1.51. The van der Waals surface area contributed by atoms with E-state index in [1.165, 1.54) is 0 Å². The van der Waals surface area contributed by atoms with E-state index >= 15 is 0 Å². The molecule has 0 aromatic heterocycles. The highest BCUT2D eigenvalue weighted by atomic mass is 16.6. The van der Waals surface area contributed by atoms with Crippen LogP contribution in [0.15, 0.2) is 72.8 Å². The van der Waals surface area contributed by atoms with Crippen LogP contribution in [-0.2, 0) is 48.1 Å². The number of hydrogen-bond donors (Lipinski definition) is 0. The highest BCUT2D eigenvalue weighted by Gasteiger charge is 2.46. The quantitative estimate of drug-likeness (QED) is 0.301. The van der Waals surface area contributed by atoms with Crippen molar-refractivity contribution in [3.05, 3.63) is 95.1 Å². The molecule has 0 radical (unpaired) electrons. The van der Waals surface area contributed by atoms with Gasteiger partial charge in [-0.15, -0.1) is 0 Å². The van der Waals surface area contributed by atoms with Crippen LogP contribution in [0, 0.1) is 0 Å². The van der Waals surface area contributed by atoms with Gasteiger partial charge in [-0.2, -0.15) is 0 Å². The molecule has 0 amide bonds. The zero-order chi connectivity index (χ0) is 31.0. The van der Waals surface area contributed by atoms with Crippen LogP contribution in [0.1, 0.15) is 73.6 Å². The van der Waals surface area contributed by atoms with Crippen molar-refractivity contribution < 1.29 is 33.2 Å². The average molecular weight is 617 g/mol. The maximum atomic E-state index is 7.06. The van der Waals surface area contributed by atoms with Crippen molar-refractivity contribution in [2.45, 2.75) is 88.0 Å². The van der Waals surface area contributed by atoms with E-state index in [1.54, 1.807) is 14.2 Å². The van der Waals surface area contributed by atoms with Crippen molar-refractivity contribution in [2.75, 3.05) is 40.6 Å². The largest absolute Gasteiger partial charge is 0.497 e. The van der Waals surface area contributed by atoms with Gasteiger partial charge in [-0.05, 0) is 48.9 Å². The molecule has 0 spiro atoms. The first-order chi connectivity index (χ1) is 22.2. The Morgan fingerprint density at radius 3 is 1.53 bits per heavy atom. The Kier molecular flexibility index (Phi) is 10.7. The van der Waals surface area contributed by atoms with Crippen LogP contribution in [0.3, 0.4) is 0 Å². The van der Waals surface area contributed by atoms with Gasteiger partial charge >= 0.3 is 0 Å². The zero-order valence-corrected chi connectivity index (χ0v) is 26.8. The summed E-state index contributed by atoms with van der Waals surface area (Å²) in [4.78, 5) is 0. The third-order valence-electron chi connectivity index (χ3n) is 9.81. The molecule has 2 bridgehead atoms. The number of hydrogen-bond acceptors (Lipinski definition) is 7. The van der Waals surface area contributed by atoms with Crippen molar-refractivity contribution in [1.82, 2.24) is 0 Å². The SMILES string of the molecule is COc1cc2c(OC)c(c1)CO[C@]1(c3ccccc3)CCCC[C@@H]1OCCOCCO[C@H]1CCCC[C@@]1(c1ccccc1)OC2. The van der Waals surface area contributed by atoms with Crippen molar-refractivity contribution in [3.63, 3.8) is 0 Å². The Morgan fingerprint density at radius 2 is 1.09 bits per heavy atom. The van der Waals surface area contributed by atoms with Crippen LogP contribution < -0.4 is 9.47 Å². The van der Waals surface area contributed by atoms with E-state index in [4.69, 9.17) is 33.2 Å². The van der Waals surface area contributed by atoms with Gasteiger partial charge in [-0.1, -0.05) is 86.3 Å². The minimum absolute atomic E-state index is 0.0967. The van der Waals surface area contributed by atoms with Crippen molar-refractivity contribution in [2.24, 2.45) is 0 Å². The van der Waals surface area contributed by atoms with Crippen LogP contribution in [0.5, 0.6) is 11.5 Å². The first kappa shape index (κ1) is 32.0. The molecule has 2 fully saturated rings. The van der Waals surface area contributed by atoms with Crippen molar-refractivity contribution in [3.8, 4) is 11.5 Å². The van der Waals surface area contributed by atoms with Gasteiger partial charge < -0.3 is 33.2 Å². The van der Waals surface area contributed by atoms with Crippen LogP contribution in [0.2, 0.25) is 0 Å². The third-order valence-corrected chi connectivity index (χ3v) is 9.81. The van der Waals surface area contributed by atoms with E-state index in [9.17, 15) is 0 Å². The van der Waals surface area contributed by atoms with E-state index in [2.05, 4.69) is 48.5 Å². The third kappa shape index (κ3) is 6.93. The minimum atomic E-state index is -0.592. The van der Waals surface area contributed by atoms with E-state index < -0.39 is 11.2 Å². The zero-order valence-electron chi connectivity index (χ0n) is 26.8. The van der Waals surface area contributed by atoms with Gasteiger partial charge in [-0.25, -0.2) is 0 Å². The number of methoxy groups -OCH3 is 2. The lowest BCUT2D eigenvalue weighted by atomic mass is 9.76. The summed E-state index contributed by atoms with van der Waals surface area (Å²) in [6.45, 7) is 2.68. The molecule has 2 saturated carbocycles. The molecule has 7 nitrogen and oxygen atoms in total. The van der Waals surface area contributed by atoms with Gasteiger partial charge in [0.05, 0.1) is 66.1 Å². The highest BCUT2D eigenvalue weighted by Crippen LogP contribution is 2.46. The van der Waals surface area contributed by atoms with Crippen LogP contribution in [-0.4, -0.2) is 52.9 Å². The predicted molar refractivity (Wildman–Crippen MR) is 173 cm³/mol. The number of fused-ring (bicyclic) bond motifs is 4. The molecule has 0 saturated heterocycles. The summed E-state index contributed by atoms with van der Waals surface area (Å²) >= 11 is 0. The Morgan fingerprint density at radius 1 is 0.600 bits per heavy atom. The maximum absolute atomic E-state index is 7.06. The molecular weight excluding hydrogens is 568 g/mol. The van der Waals surface area contributed by atoms with Crippen LogP contribution in [0.25, 0.3) is 0 Å². The summed E-state index contributed by atoms with van der Waals surface area (Å²) in [6.07, 6.45) is 7.75. The monoisotopic (exact) mass is 616 g/mol. The fourth-order valence-corrected chi connectivity index (χ4v) is 7.59. The predicted octanol–water partition coefficient (Wildman–Crippen LogP) is 7.48. The van der Waals surface area contributed by atoms with Gasteiger partial charge in [0, 0.05) is 11.1 Å². The summed E-state index contributed by atoms with van der Waals surface area (Å²) in [6, 6.07) is 25.1. The average Bonchev–Trinajstić information content (AvgIpc) is 3.10. The summed E-state index contributed by atoms with van der Waals surface area (Å²) in [7, 11) is 3.42. The molecule has 7 heteroatoms. The molecule has 3 aromatic rings. The Labute approximate surface area is 268 Å². The van der Waals surface area contributed by atoms with Gasteiger partial charge in [-0.3, -0.25) is 0 Å². The fraction of sp³-hybridized carbons (Fsp3) is 0.526. The lowest BCUT2D eigenvalue weighted by Crippen LogP contribution is -2.47. The molecule has 4 atom stereocenters. The topological polar surface area (TPSA) is 64.6 Å². The molecule has 242 valence electrons.